The fourth-order valence-corrected chi connectivity index (χ4v) is 3.64. The first-order chi connectivity index (χ1) is 8.47. The second kappa shape index (κ2) is 5.38. The van der Waals surface area contributed by atoms with Crippen molar-refractivity contribution in [3.05, 3.63) is 27.0 Å². The molecule has 1 N–H and O–H groups in total. The summed E-state index contributed by atoms with van der Waals surface area (Å²) in [6.45, 7) is 4.10. The number of thiophene rings is 1. The lowest BCUT2D eigenvalue weighted by Gasteiger charge is -2.01. The molecule has 0 saturated heterocycles. The number of thiazole rings is 1. The van der Waals surface area contributed by atoms with Gasteiger partial charge in [-0.1, -0.05) is 25.4 Å². The zero-order chi connectivity index (χ0) is 13.3. The van der Waals surface area contributed by atoms with Gasteiger partial charge in [0.05, 0.1) is 15.6 Å². The van der Waals surface area contributed by atoms with Gasteiger partial charge in [-0.2, -0.15) is 0 Å². The smallest absolute Gasteiger partial charge is 0.347 e. The largest absolute Gasteiger partial charge is 0.477 e. The van der Waals surface area contributed by atoms with Crippen LogP contribution >= 0.6 is 34.3 Å². The van der Waals surface area contributed by atoms with Crippen molar-refractivity contribution < 1.29 is 9.90 Å². The van der Waals surface area contributed by atoms with Crippen molar-refractivity contribution in [3.63, 3.8) is 0 Å². The van der Waals surface area contributed by atoms with E-state index in [0.717, 1.165) is 9.88 Å². The van der Waals surface area contributed by atoms with Crippen LogP contribution in [-0.2, 0) is 6.42 Å². The van der Waals surface area contributed by atoms with Gasteiger partial charge in [0.15, 0.2) is 0 Å². The molecule has 6 heteroatoms. The molecule has 0 saturated carbocycles. The first-order valence-corrected chi connectivity index (χ1v) is 7.52. The van der Waals surface area contributed by atoms with E-state index >= 15 is 0 Å². The van der Waals surface area contributed by atoms with Gasteiger partial charge in [0.1, 0.15) is 9.88 Å². The van der Waals surface area contributed by atoms with E-state index in [0.29, 0.717) is 27.9 Å². The van der Waals surface area contributed by atoms with E-state index < -0.39 is 5.97 Å². The highest BCUT2D eigenvalue weighted by atomic mass is 35.5. The van der Waals surface area contributed by atoms with E-state index in [4.69, 9.17) is 11.6 Å². The van der Waals surface area contributed by atoms with Crippen molar-refractivity contribution in [2.24, 2.45) is 5.92 Å². The number of aromatic carboxylic acids is 1. The van der Waals surface area contributed by atoms with Crippen LogP contribution in [-0.4, -0.2) is 16.1 Å². The second-order valence-corrected chi connectivity index (χ2v) is 6.67. The molecule has 0 bridgehead atoms. The summed E-state index contributed by atoms with van der Waals surface area (Å²) in [4.78, 5) is 16.9. The molecule has 18 heavy (non-hydrogen) atoms. The average molecular weight is 302 g/mol. The Balaban J connectivity index is 2.42. The van der Waals surface area contributed by atoms with Crippen molar-refractivity contribution in [3.8, 4) is 9.88 Å². The minimum atomic E-state index is -0.906. The number of rotatable bonds is 4. The van der Waals surface area contributed by atoms with Crippen LogP contribution in [0.25, 0.3) is 9.88 Å². The van der Waals surface area contributed by atoms with Crippen molar-refractivity contribution >= 4 is 40.2 Å². The summed E-state index contributed by atoms with van der Waals surface area (Å²) in [5, 5.41) is 12.4. The lowest BCUT2D eigenvalue weighted by molar-refractivity contribution is 0.0700. The summed E-state index contributed by atoms with van der Waals surface area (Å²) < 4.78 is 0. The lowest BCUT2D eigenvalue weighted by atomic mass is 10.1. The van der Waals surface area contributed by atoms with Gasteiger partial charge in [-0.3, -0.25) is 0 Å². The predicted molar refractivity (Wildman–Crippen MR) is 75.9 cm³/mol. The van der Waals surface area contributed by atoms with Crippen molar-refractivity contribution in [1.82, 2.24) is 4.98 Å². The van der Waals surface area contributed by atoms with Crippen molar-refractivity contribution in [1.29, 1.82) is 0 Å². The first-order valence-electron chi connectivity index (χ1n) is 5.44. The quantitative estimate of drug-likeness (QED) is 0.909. The van der Waals surface area contributed by atoms with E-state index in [2.05, 4.69) is 4.98 Å². The Bertz CT molecular complexity index is 574. The Morgan fingerprint density at radius 1 is 1.56 bits per heavy atom. The SMILES string of the molecule is CC(C)Cc1nc(-c2cc(Cl)cs2)sc1C(=O)O. The Morgan fingerprint density at radius 2 is 2.28 bits per heavy atom. The molecule has 2 aromatic rings. The van der Waals surface area contributed by atoms with Gasteiger partial charge in [0.2, 0.25) is 0 Å². The number of carbonyl (C=O) groups is 1. The van der Waals surface area contributed by atoms with Crippen LogP contribution in [0, 0.1) is 5.92 Å². The third-order valence-electron chi connectivity index (χ3n) is 2.27. The fourth-order valence-electron chi connectivity index (χ4n) is 1.57. The maximum Gasteiger partial charge on any atom is 0.347 e. The van der Waals surface area contributed by atoms with Gasteiger partial charge in [-0.15, -0.1) is 22.7 Å². The molecule has 2 rings (SSSR count). The molecule has 0 aliphatic heterocycles. The highest BCUT2D eigenvalue weighted by Crippen LogP contribution is 2.34. The van der Waals surface area contributed by atoms with Gasteiger partial charge in [0, 0.05) is 5.38 Å². The zero-order valence-corrected chi connectivity index (χ0v) is 12.3. The molecule has 0 spiro atoms. The standard InChI is InChI=1S/C12H12ClNO2S2/c1-6(2)3-8-10(12(15)16)18-11(14-8)9-4-7(13)5-17-9/h4-6H,3H2,1-2H3,(H,15,16). The summed E-state index contributed by atoms with van der Waals surface area (Å²) in [5.74, 6) is -0.526. The number of hydrogen-bond donors (Lipinski definition) is 1. The number of aromatic nitrogens is 1. The predicted octanol–water partition coefficient (Wildman–Crippen LogP) is 4.42. The second-order valence-electron chi connectivity index (χ2n) is 4.33. The number of hydrogen-bond acceptors (Lipinski definition) is 4. The van der Waals surface area contributed by atoms with Gasteiger partial charge in [-0.05, 0) is 18.4 Å². The third-order valence-corrected chi connectivity index (χ3v) is 4.80. The van der Waals surface area contributed by atoms with Crippen molar-refractivity contribution in [2.45, 2.75) is 20.3 Å². The van der Waals surface area contributed by atoms with E-state index in [1.54, 1.807) is 0 Å². The van der Waals surface area contributed by atoms with Crippen LogP contribution in [0.5, 0.6) is 0 Å². The van der Waals surface area contributed by atoms with E-state index in [9.17, 15) is 9.90 Å². The maximum absolute atomic E-state index is 11.2. The van der Waals surface area contributed by atoms with Crippen molar-refractivity contribution in [2.75, 3.05) is 0 Å². The summed E-state index contributed by atoms with van der Waals surface area (Å²) in [6.07, 6.45) is 0.678. The monoisotopic (exact) mass is 301 g/mol. The molecule has 0 unspecified atom stereocenters. The van der Waals surface area contributed by atoms with Gasteiger partial charge >= 0.3 is 5.97 Å². The highest BCUT2D eigenvalue weighted by molar-refractivity contribution is 7.22. The molecule has 2 aromatic heterocycles. The molecule has 3 nitrogen and oxygen atoms in total. The van der Waals surface area contributed by atoms with Gasteiger partial charge in [0.25, 0.3) is 0 Å². The molecule has 0 atom stereocenters. The topological polar surface area (TPSA) is 50.2 Å². The van der Waals surface area contributed by atoms with Gasteiger partial charge in [-0.25, -0.2) is 9.78 Å². The zero-order valence-electron chi connectivity index (χ0n) is 9.94. The van der Waals surface area contributed by atoms with E-state index in [1.807, 2.05) is 25.3 Å². The third kappa shape index (κ3) is 2.91. The summed E-state index contributed by atoms with van der Waals surface area (Å²) >= 11 is 8.57. The average Bonchev–Trinajstić information content (AvgIpc) is 2.83. The number of carboxylic acids is 1. The Hall–Kier alpha value is -0.910. The molecule has 0 aliphatic carbocycles. The fraction of sp³-hybridized carbons (Fsp3) is 0.333. The maximum atomic E-state index is 11.2. The molecule has 0 radical (unpaired) electrons. The van der Waals surface area contributed by atoms with Crippen LogP contribution in [0.3, 0.4) is 0 Å². The molecule has 0 aromatic carbocycles. The van der Waals surface area contributed by atoms with Crippen LogP contribution in [0.4, 0.5) is 0 Å². The molecule has 2 heterocycles. The Kier molecular flexibility index (Phi) is 4.04. The molecule has 96 valence electrons. The first kappa shape index (κ1) is 13.5. The highest BCUT2D eigenvalue weighted by Gasteiger charge is 2.19. The normalized spacial score (nSPS) is 11.1. The summed E-state index contributed by atoms with van der Waals surface area (Å²) in [5.41, 5.74) is 0.669. The van der Waals surface area contributed by atoms with E-state index in [-0.39, 0.29) is 0 Å². The minimum Gasteiger partial charge on any atom is -0.477 e. The number of carboxylic acid groups (broad SMARTS) is 1. The van der Waals surface area contributed by atoms with Crippen LogP contribution < -0.4 is 0 Å². The van der Waals surface area contributed by atoms with Crippen LogP contribution in [0.15, 0.2) is 11.4 Å². The van der Waals surface area contributed by atoms with E-state index in [1.165, 1.54) is 22.7 Å². The Labute approximate surface area is 118 Å². The molecular formula is C12H12ClNO2S2. The molecular weight excluding hydrogens is 290 g/mol. The minimum absolute atomic E-state index is 0.336. The molecule has 0 amide bonds. The molecule has 0 aliphatic rings. The number of nitrogens with zero attached hydrogens (tertiary/aromatic N) is 1. The van der Waals surface area contributed by atoms with Crippen LogP contribution in [0.2, 0.25) is 5.02 Å². The van der Waals surface area contributed by atoms with Crippen LogP contribution in [0.1, 0.15) is 29.2 Å². The number of halogens is 1. The lowest BCUT2D eigenvalue weighted by Crippen LogP contribution is -2.02. The molecule has 0 fully saturated rings. The Morgan fingerprint density at radius 3 is 2.78 bits per heavy atom. The summed E-state index contributed by atoms with van der Waals surface area (Å²) in [7, 11) is 0. The van der Waals surface area contributed by atoms with Gasteiger partial charge < -0.3 is 5.11 Å². The summed E-state index contributed by atoms with van der Waals surface area (Å²) in [6, 6.07) is 1.82.